The fourth-order valence-electron chi connectivity index (χ4n) is 3.24. The molecule has 0 aliphatic rings. The van der Waals surface area contributed by atoms with Gasteiger partial charge in [-0.15, -0.1) is 0 Å². The molecule has 3 aromatic rings. The van der Waals surface area contributed by atoms with E-state index in [-0.39, 0.29) is 11.5 Å². The number of anilines is 1. The number of amides is 2. The van der Waals surface area contributed by atoms with Gasteiger partial charge in [0.05, 0.1) is 22.6 Å². The molecule has 2 aromatic carbocycles. The summed E-state index contributed by atoms with van der Waals surface area (Å²) in [5.41, 5.74) is 3.57. The van der Waals surface area contributed by atoms with Crippen LogP contribution in [0.5, 0.6) is 0 Å². The molecule has 3 rings (SSSR count). The first kappa shape index (κ1) is 20.0. The molecule has 0 bridgehead atoms. The van der Waals surface area contributed by atoms with E-state index in [4.69, 9.17) is 0 Å². The van der Waals surface area contributed by atoms with Crippen molar-refractivity contribution < 1.29 is 14.4 Å². The molecule has 0 atom stereocenters. The van der Waals surface area contributed by atoms with Crippen LogP contribution in [0.4, 0.5) is 5.69 Å². The van der Waals surface area contributed by atoms with Crippen molar-refractivity contribution in [3.8, 4) is 5.69 Å². The third kappa shape index (κ3) is 3.80. The van der Waals surface area contributed by atoms with Gasteiger partial charge in [-0.1, -0.05) is 24.3 Å². The van der Waals surface area contributed by atoms with E-state index in [0.29, 0.717) is 28.2 Å². The maximum Gasteiger partial charge on any atom is 0.296 e. The zero-order valence-corrected chi connectivity index (χ0v) is 16.7. The largest absolute Gasteiger partial charge is 0.355 e. The summed E-state index contributed by atoms with van der Waals surface area (Å²) < 4.78 is 1.65. The van der Waals surface area contributed by atoms with E-state index in [1.807, 2.05) is 30.3 Å². The number of Topliss-reactive ketones (excluding diaryl/α,β-unsaturated/α-hetero) is 1. The Balaban J connectivity index is 1.90. The molecule has 0 saturated heterocycles. The number of aromatic nitrogens is 2. The van der Waals surface area contributed by atoms with E-state index in [1.54, 1.807) is 43.7 Å². The highest BCUT2D eigenvalue weighted by Crippen LogP contribution is 2.21. The van der Waals surface area contributed by atoms with Crippen LogP contribution in [0.1, 0.15) is 37.7 Å². The average molecular weight is 390 g/mol. The van der Waals surface area contributed by atoms with Crippen molar-refractivity contribution in [2.75, 3.05) is 12.4 Å². The number of hydrogen-bond donors (Lipinski definition) is 2. The van der Waals surface area contributed by atoms with E-state index in [2.05, 4.69) is 15.7 Å². The zero-order valence-electron chi connectivity index (χ0n) is 16.7. The number of benzene rings is 2. The molecule has 148 valence electrons. The second-order valence-corrected chi connectivity index (χ2v) is 6.63. The van der Waals surface area contributed by atoms with Gasteiger partial charge in [0.15, 0.2) is 0 Å². The van der Waals surface area contributed by atoms with E-state index >= 15 is 0 Å². The van der Waals surface area contributed by atoms with Crippen LogP contribution in [0.3, 0.4) is 0 Å². The van der Waals surface area contributed by atoms with E-state index < -0.39 is 11.7 Å². The third-order valence-electron chi connectivity index (χ3n) is 4.78. The Bertz CT molecular complexity index is 1100. The number of carbonyl (C=O) groups excluding carboxylic acids is 3. The summed E-state index contributed by atoms with van der Waals surface area (Å²) in [6, 6.07) is 14.4. The summed E-state index contributed by atoms with van der Waals surface area (Å²) in [6.45, 7) is 5.17. The van der Waals surface area contributed by atoms with Crippen molar-refractivity contribution in [3.05, 3.63) is 76.6 Å². The van der Waals surface area contributed by atoms with Gasteiger partial charge >= 0.3 is 0 Å². The van der Waals surface area contributed by atoms with Gasteiger partial charge in [0.1, 0.15) is 0 Å². The van der Waals surface area contributed by atoms with Crippen molar-refractivity contribution in [2.45, 2.75) is 20.8 Å². The van der Waals surface area contributed by atoms with Crippen LogP contribution < -0.4 is 10.6 Å². The van der Waals surface area contributed by atoms with Crippen LogP contribution in [0, 0.1) is 20.8 Å². The van der Waals surface area contributed by atoms with Gasteiger partial charge in [0.25, 0.3) is 17.6 Å². The number of para-hydroxylation sites is 1. The fraction of sp³-hybridized carbons (Fsp3) is 0.182. The van der Waals surface area contributed by atoms with Crippen molar-refractivity contribution in [2.24, 2.45) is 0 Å². The molecule has 0 saturated carbocycles. The van der Waals surface area contributed by atoms with Crippen LogP contribution in [0.15, 0.2) is 48.5 Å². The highest BCUT2D eigenvalue weighted by Gasteiger charge is 2.26. The normalized spacial score (nSPS) is 10.5. The molecule has 29 heavy (non-hydrogen) atoms. The number of carbonyl (C=O) groups is 3. The Morgan fingerprint density at radius 1 is 0.931 bits per heavy atom. The molecule has 0 radical (unpaired) electrons. The summed E-state index contributed by atoms with van der Waals surface area (Å²) in [5, 5.41) is 9.60. The molecule has 2 amide bonds. The highest BCUT2D eigenvalue weighted by atomic mass is 16.2. The predicted molar refractivity (Wildman–Crippen MR) is 111 cm³/mol. The molecule has 1 aromatic heterocycles. The number of rotatable bonds is 5. The Labute approximate surface area is 168 Å². The fourth-order valence-corrected chi connectivity index (χ4v) is 3.24. The molecule has 0 spiro atoms. The van der Waals surface area contributed by atoms with Crippen LogP contribution in [-0.4, -0.2) is 34.4 Å². The molecular formula is C22H22N4O3. The Morgan fingerprint density at radius 2 is 1.62 bits per heavy atom. The molecule has 2 N–H and O–H groups in total. The molecule has 0 unspecified atom stereocenters. The van der Waals surface area contributed by atoms with Crippen molar-refractivity contribution in [1.82, 2.24) is 15.1 Å². The molecule has 1 heterocycles. The predicted octanol–water partition coefficient (Wildman–Crippen LogP) is 2.98. The SMILES string of the molecule is CNC(=O)c1cccc(NC(=O)C(=O)c2c(C)nn(-c3ccccc3)c2C)c1C. The lowest BCUT2D eigenvalue weighted by molar-refractivity contribution is -0.112. The second-order valence-electron chi connectivity index (χ2n) is 6.63. The third-order valence-corrected chi connectivity index (χ3v) is 4.78. The Kier molecular flexibility index (Phi) is 5.59. The van der Waals surface area contributed by atoms with Crippen LogP contribution in [0.2, 0.25) is 0 Å². The number of hydrogen-bond acceptors (Lipinski definition) is 4. The zero-order chi connectivity index (χ0) is 21.1. The van der Waals surface area contributed by atoms with Gasteiger partial charge < -0.3 is 10.6 Å². The molecule has 7 heteroatoms. The van der Waals surface area contributed by atoms with Gasteiger partial charge in [-0.25, -0.2) is 4.68 Å². The van der Waals surface area contributed by atoms with E-state index in [9.17, 15) is 14.4 Å². The molecule has 7 nitrogen and oxygen atoms in total. The molecular weight excluding hydrogens is 368 g/mol. The number of ketones is 1. The minimum atomic E-state index is -0.777. The lowest BCUT2D eigenvalue weighted by atomic mass is 10.0. The summed E-state index contributed by atoms with van der Waals surface area (Å²) in [5.74, 6) is -1.71. The van der Waals surface area contributed by atoms with Gasteiger partial charge in [-0.2, -0.15) is 5.10 Å². The Morgan fingerprint density at radius 3 is 2.28 bits per heavy atom. The molecule has 0 aliphatic carbocycles. The highest BCUT2D eigenvalue weighted by molar-refractivity contribution is 6.47. The standard InChI is InChI=1S/C22H22N4O3/c1-13-17(21(28)23-4)11-8-12-18(13)24-22(29)20(27)19-14(2)25-26(15(19)3)16-9-6-5-7-10-16/h5-12H,1-4H3,(H,23,28)(H,24,29). The second kappa shape index (κ2) is 8.10. The summed E-state index contributed by atoms with van der Waals surface area (Å²) in [7, 11) is 1.53. The van der Waals surface area contributed by atoms with Crippen LogP contribution in [-0.2, 0) is 4.79 Å². The summed E-state index contributed by atoms with van der Waals surface area (Å²) >= 11 is 0. The minimum Gasteiger partial charge on any atom is -0.355 e. The van der Waals surface area contributed by atoms with E-state index in [1.165, 1.54) is 7.05 Å². The van der Waals surface area contributed by atoms with E-state index in [0.717, 1.165) is 5.69 Å². The lowest BCUT2D eigenvalue weighted by Gasteiger charge is -2.11. The van der Waals surface area contributed by atoms with Gasteiger partial charge in [-0.3, -0.25) is 14.4 Å². The van der Waals surface area contributed by atoms with Gasteiger partial charge in [0.2, 0.25) is 0 Å². The van der Waals surface area contributed by atoms with Crippen LogP contribution in [0.25, 0.3) is 5.69 Å². The number of aryl methyl sites for hydroxylation is 1. The van der Waals surface area contributed by atoms with Gasteiger partial charge in [0, 0.05) is 18.3 Å². The van der Waals surface area contributed by atoms with Crippen LogP contribution >= 0.6 is 0 Å². The van der Waals surface area contributed by atoms with Crippen molar-refractivity contribution in [1.29, 1.82) is 0 Å². The quantitative estimate of drug-likeness (QED) is 0.517. The van der Waals surface area contributed by atoms with Gasteiger partial charge in [-0.05, 0) is 50.6 Å². The first-order chi connectivity index (χ1) is 13.8. The first-order valence-corrected chi connectivity index (χ1v) is 9.14. The van der Waals surface area contributed by atoms with Crippen molar-refractivity contribution in [3.63, 3.8) is 0 Å². The number of nitrogens with zero attached hydrogens (tertiary/aromatic N) is 2. The molecule has 0 aliphatic heterocycles. The number of nitrogens with one attached hydrogen (secondary N) is 2. The summed E-state index contributed by atoms with van der Waals surface area (Å²) in [4.78, 5) is 37.5. The first-order valence-electron chi connectivity index (χ1n) is 9.14. The topological polar surface area (TPSA) is 93.1 Å². The summed E-state index contributed by atoms with van der Waals surface area (Å²) in [6.07, 6.45) is 0. The maximum atomic E-state index is 12.9. The minimum absolute atomic E-state index is 0.263. The monoisotopic (exact) mass is 390 g/mol. The smallest absolute Gasteiger partial charge is 0.296 e. The van der Waals surface area contributed by atoms with Crippen molar-refractivity contribution >= 4 is 23.3 Å². The molecule has 0 fully saturated rings. The Hall–Kier alpha value is -3.74. The lowest BCUT2D eigenvalue weighted by Crippen LogP contribution is -2.25. The maximum absolute atomic E-state index is 12.9. The average Bonchev–Trinajstić information content (AvgIpc) is 3.03.